The average molecular weight is 553 g/mol. The van der Waals surface area contributed by atoms with Crippen LogP contribution in [0.3, 0.4) is 0 Å². The Balaban J connectivity index is 0.00000289. The maximum absolute atomic E-state index is 5.55. The Kier molecular flexibility index (Phi) is 9.73. The molecule has 0 atom stereocenters. The molecule has 1 aromatic heterocycles. The monoisotopic (exact) mass is 553 g/mol. The summed E-state index contributed by atoms with van der Waals surface area (Å²) in [7, 11) is 1.84. The molecule has 176 valence electrons. The molecule has 1 aliphatic heterocycles. The summed E-state index contributed by atoms with van der Waals surface area (Å²) in [4.78, 5) is 11.3. The molecule has 2 aliphatic rings. The van der Waals surface area contributed by atoms with Gasteiger partial charge in [-0.25, -0.2) is 4.98 Å². The Morgan fingerprint density at radius 1 is 1.19 bits per heavy atom. The first-order chi connectivity index (χ1) is 15.3. The molecule has 0 radical (unpaired) electrons. The van der Waals surface area contributed by atoms with Crippen LogP contribution in [0, 0.1) is 5.41 Å². The Morgan fingerprint density at radius 2 is 2.00 bits per heavy atom. The van der Waals surface area contributed by atoms with Gasteiger partial charge in [-0.2, -0.15) is 5.10 Å². The van der Waals surface area contributed by atoms with Crippen molar-refractivity contribution in [1.29, 1.82) is 0 Å². The molecule has 2 fully saturated rings. The lowest BCUT2D eigenvalue weighted by Crippen LogP contribution is -2.51. The Hall–Kier alpha value is -1.72. The Morgan fingerprint density at radius 3 is 2.72 bits per heavy atom. The van der Waals surface area contributed by atoms with Crippen LogP contribution >= 0.6 is 24.0 Å². The quantitative estimate of drug-likeness (QED) is 0.278. The molecule has 1 saturated heterocycles. The predicted molar refractivity (Wildman–Crippen MR) is 138 cm³/mol. The minimum absolute atomic E-state index is 0. The van der Waals surface area contributed by atoms with Gasteiger partial charge in [0.1, 0.15) is 6.33 Å². The van der Waals surface area contributed by atoms with Crippen molar-refractivity contribution in [2.75, 3.05) is 46.4 Å². The van der Waals surface area contributed by atoms with E-state index in [2.05, 4.69) is 47.8 Å². The number of nitrogens with one attached hydrogen (secondary N) is 3. The first kappa shape index (κ1) is 24.9. The summed E-state index contributed by atoms with van der Waals surface area (Å²) in [5.74, 6) is 1.64. The van der Waals surface area contributed by atoms with E-state index in [-0.39, 0.29) is 24.0 Å². The summed E-state index contributed by atoms with van der Waals surface area (Å²) in [5, 5.41) is 14.0. The van der Waals surface area contributed by atoms with Gasteiger partial charge in [0.05, 0.1) is 13.2 Å². The molecule has 0 spiro atoms. The molecule has 0 amide bonds. The van der Waals surface area contributed by atoms with E-state index < -0.39 is 0 Å². The van der Waals surface area contributed by atoms with E-state index in [1.165, 1.54) is 44.0 Å². The summed E-state index contributed by atoms with van der Waals surface area (Å²) in [6, 6.07) is 8.32. The van der Waals surface area contributed by atoms with Gasteiger partial charge >= 0.3 is 0 Å². The van der Waals surface area contributed by atoms with E-state index >= 15 is 0 Å². The molecule has 0 bridgehead atoms. The molecular formula is C23H36IN7O. The molecule has 3 N–H and O–H groups in total. The zero-order chi connectivity index (χ0) is 21.4. The number of benzene rings is 1. The van der Waals surface area contributed by atoms with E-state index in [0.29, 0.717) is 12.0 Å². The van der Waals surface area contributed by atoms with Gasteiger partial charge in [0.15, 0.2) is 11.8 Å². The van der Waals surface area contributed by atoms with Crippen LogP contribution in [0.2, 0.25) is 0 Å². The maximum Gasteiger partial charge on any atom is 0.191 e. The van der Waals surface area contributed by atoms with Crippen molar-refractivity contribution in [3.63, 3.8) is 0 Å². The third-order valence-corrected chi connectivity index (χ3v) is 6.51. The zero-order valence-electron chi connectivity index (χ0n) is 19.0. The second kappa shape index (κ2) is 12.5. The number of aromatic amines is 1. The molecule has 9 heteroatoms. The highest BCUT2D eigenvalue weighted by Gasteiger charge is 2.34. The van der Waals surface area contributed by atoms with Crippen LogP contribution in [0.25, 0.3) is 11.4 Å². The van der Waals surface area contributed by atoms with Crippen LogP contribution in [-0.2, 0) is 11.3 Å². The lowest BCUT2D eigenvalue weighted by Gasteiger charge is -2.42. The number of morpholine rings is 1. The first-order valence-electron chi connectivity index (χ1n) is 11.5. The smallest absolute Gasteiger partial charge is 0.191 e. The number of aromatic nitrogens is 3. The number of rotatable bonds is 7. The van der Waals surface area contributed by atoms with E-state index in [4.69, 9.17) is 4.74 Å². The molecule has 4 rings (SSSR count). The normalized spacial score (nSPS) is 19.2. The van der Waals surface area contributed by atoms with Crippen LogP contribution < -0.4 is 10.6 Å². The van der Waals surface area contributed by atoms with E-state index in [9.17, 15) is 0 Å². The molecule has 0 unspecified atom stereocenters. The second-order valence-electron chi connectivity index (χ2n) is 8.76. The van der Waals surface area contributed by atoms with E-state index in [1.54, 1.807) is 0 Å². The van der Waals surface area contributed by atoms with Crippen molar-refractivity contribution < 1.29 is 4.74 Å². The fraction of sp³-hybridized carbons (Fsp3) is 0.609. The average Bonchev–Trinajstić information content (AvgIpc) is 3.36. The summed E-state index contributed by atoms with van der Waals surface area (Å²) >= 11 is 0. The fourth-order valence-electron chi connectivity index (χ4n) is 4.78. The van der Waals surface area contributed by atoms with Crippen LogP contribution in [0.4, 0.5) is 0 Å². The fourth-order valence-corrected chi connectivity index (χ4v) is 4.78. The molecule has 1 aliphatic carbocycles. The number of H-pyrrole nitrogens is 1. The SMILES string of the molecule is CN=C(NCc1cccc(-c2ncn[nH]2)c1)NCC1(CN2CCOCC2)CCCCC1.I. The highest BCUT2D eigenvalue weighted by molar-refractivity contribution is 14.0. The van der Waals surface area contributed by atoms with Gasteiger partial charge in [-0.15, -0.1) is 24.0 Å². The summed E-state index contributed by atoms with van der Waals surface area (Å²) < 4.78 is 5.55. The van der Waals surface area contributed by atoms with Gasteiger partial charge in [-0.3, -0.25) is 15.0 Å². The largest absolute Gasteiger partial charge is 0.379 e. The number of hydrogen-bond acceptors (Lipinski definition) is 5. The third kappa shape index (κ3) is 6.89. The van der Waals surface area contributed by atoms with Crippen molar-refractivity contribution >= 4 is 29.9 Å². The van der Waals surface area contributed by atoms with Gasteiger partial charge in [-0.1, -0.05) is 37.5 Å². The van der Waals surface area contributed by atoms with Crippen LogP contribution in [0.15, 0.2) is 35.6 Å². The van der Waals surface area contributed by atoms with Crippen LogP contribution in [-0.4, -0.2) is 72.5 Å². The molecular weight excluding hydrogens is 517 g/mol. The highest BCUT2D eigenvalue weighted by Crippen LogP contribution is 2.36. The number of aliphatic imine (C=N–C) groups is 1. The van der Waals surface area contributed by atoms with Gasteiger partial charge in [-0.05, 0) is 24.5 Å². The van der Waals surface area contributed by atoms with Crippen molar-refractivity contribution in [2.45, 2.75) is 38.6 Å². The van der Waals surface area contributed by atoms with E-state index in [1.807, 2.05) is 19.2 Å². The zero-order valence-corrected chi connectivity index (χ0v) is 21.3. The Labute approximate surface area is 208 Å². The van der Waals surface area contributed by atoms with Gasteiger partial charge < -0.3 is 15.4 Å². The number of halogens is 1. The first-order valence-corrected chi connectivity index (χ1v) is 11.5. The lowest BCUT2D eigenvalue weighted by molar-refractivity contribution is 0.00820. The number of guanidine groups is 1. The van der Waals surface area contributed by atoms with Gasteiger partial charge in [0.2, 0.25) is 0 Å². The molecule has 2 aromatic rings. The van der Waals surface area contributed by atoms with Crippen molar-refractivity contribution in [1.82, 2.24) is 30.7 Å². The standard InChI is InChI=1S/C23H35N7O.HI/c1-24-22(25-15-19-6-5-7-20(14-19)21-27-18-28-29-21)26-16-23(8-3-2-4-9-23)17-30-10-12-31-13-11-30;/h5-7,14,18H,2-4,8-13,15-17H2,1H3,(H2,24,25,26)(H,27,28,29);1H. The van der Waals surface area contributed by atoms with Crippen molar-refractivity contribution in [3.05, 3.63) is 36.2 Å². The summed E-state index contributed by atoms with van der Waals surface area (Å²) in [5.41, 5.74) is 2.53. The minimum Gasteiger partial charge on any atom is -0.379 e. The second-order valence-corrected chi connectivity index (χ2v) is 8.76. The topological polar surface area (TPSA) is 90.5 Å². The summed E-state index contributed by atoms with van der Waals surface area (Å²) in [6.07, 6.45) is 8.11. The number of hydrogen-bond donors (Lipinski definition) is 3. The Bertz CT molecular complexity index is 831. The van der Waals surface area contributed by atoms with Crippen molar-refractivity contribution in [3.8, 4) is 11.4 Å². The molecule has 32 heavy (non-hydrogen) atoms. The van der Waals surface area contributed by atoms with Crippen molar-refractivity contribution in [2.24, 2.45) is 10.4 Å². The molecule has 2 heterocycles. The molecule has 1 aromatic carbocycles. The van der Waals surface area contributed by atoms with Gasteiger partial charge in [0.25, 0.3) is 0 Å². The summed E-state index contributed by atoms with van der Waals surface area (Å²) in [6.45, 7) is 6.64. The van der Waals surface area contributed by atoms with Crippen LogP contribution in [0.5, 0.6) is 0 Å². The molecule has 1 saturated carbocycles. The van der Waals surface area contributed by atoms with E-state index in [0.717, 1.165) is 56.7 Å². The highest BCUT2D eigenvalue weighted by atomic mass is 127. The third-order valence-electron chi connectivity index (χ3n) is 6.51. The minimum atomic E-state index is 0. The number of ether oxygens (including phenoxy) is 1. The number of nitrogens with zero attached hydrogens (tertiary/aromatic N) is 4. The van der Waals surface area contributed by atoms with Gasteiger partial charge in [0, 0.05) is 50.7 Å². The lowest BCUT2D eigenvalue weighted by atomic mass is 9.73. The predicted octanol–water partition coefficient (Wildman–Crippen LogP) is 3.04. The maximum atomic E-state index is 5.55. The molecule has 8 nitrogen and oxygen atoms in total. The van der Waals surface area contributed by atoms with Crippen LogP contribution in [0.1, 0.15) is 37.7 Å².